The zero-order valence-corrected chi connectivity index (χ0v) is 9.75. The number of nitrogens with zero attached hydrogens (tertiary/aromatic N) is 2. The molecule has 0 unspecified atom stereocenters. The minimum absolute atomic E-state index is 0.344. The summed E-state index contributed by atoms with van der Waals surface area (Å²) in [4.78, 5) is 3.91. The Morgan fingerprint density at radius 1 is 1.22 bits per heavy atom. The van der Waals surface area contributed by atoms with E-state index >= 15 is 0 Å². The van der Waals surface area contributed by atoms with Gasteiger partial charge in [0.15, 0.2) is 0 Å². The third-order valence-corrected chi connectivity index (χ3v) is 2.29. The van der Waals surface area contributed by atoms with Gasteiger partial charge in [-0.2, -0.15) is 5.26 Å². The Kier molecular flexibility index (Phi) is 3.30. The number of nitriles is 1. The molecule has 0 amide bonds. The van der Waals surface area contributed by atoms with E-state index in [1.54, 1.807) is 37.4 Å². The average Bonchev–Trinajstić information content (AvgIpc) is 2.40. The summed E-state index contributed by atoms with van der Waals surface area (Å²) >= 11 is 0. The van der Waals surface area contributed by atoms with Crippen LogP contribution in [-0.2, 0) is 0 Å². The first-order valence-corrected chi connectivity index (χ1v) is 5.20. The smallest absolute Gasteiger partial charge is 0.145 e. The molecule has 0 fully saturated rings. The van der Waals surface area contributed by atoms with Gasteiger partial charge in [-0.1, -0.05) is 0 Å². The van der Waals surface area contributed by atoms with Crippen LogP contribution in [0, 0.1) is 11.3 Å². The summed E-state index contributed by atoms with van der Waals surface area (Å²) in [6.07, 6.45) is 1.49. The van der Waals surface area contributed by atoms with Gasteiger partial charge in [0.05, 0.1) is 19.0 Å². The highest BCUT2D eigenvalue weighted by molar-refractivity contribution is 5.56. The minimum Gasteiger partial charge on any atom is -0.495 e. The first-order chi connectivity index (χ1) is 8.72. The largest absolute Gasteiger partial charge is 0.495 e. The van der Waals surface area contributed by atoms with Crippen LogP contribution in [0.5, 0.6) is 17.2 Å². The Morgan fingerprint density at radius 3 is 2.56 bits per heavy atom. The van der Waals surface area contributed by atoms with E-state index < -0.39 is 0 Å². The van der Waals surface area contributed by atoms with Gasteiger partial charge in [-0.3, -0.25) is 0 Å². The molecule has 2 aromatic rings. The molecule has 1 heterocycles. The topological polar surface area (TPSA) is 81.2 Å². The van der Waals surface area contributed by atoms with Crippen LogP contribution < -0.4 is 15.2 Å². The summed E-state index contributed by atoms with van der Waals surface area (Å²) < 4.78 is 10.6. The molecule has 0 aliphatic heterocycles. The summed E-state index contributed by atoms with van der Waals surface area (Å²) in [6, 6.07) is 10.3. The SMILES string of the molecule is COc1ccc(Oc2ccc(C#N)nc2)cc1N. The zero-order valence-electron chi connectivity index (χ0n) is 9.75. The maximum Gasteiger partial charge on any atom is 0.145 e. The van der Waals surface area contributed by atoms with Gasteiger partial charge in [0, 0.05) is 6.07 Å². The second-order valence-corrected chi connectivity index (χ2v) is 3.50. The number of hydrogen-bond donors (Lipinski definition) is 1. The van der Waals surface area contributed by atoms with Crippen molar-refractivity contribution >= 4 is 5.69 Å². The monoisotopic (exact) mass is 241 g/mol. The molecule has 0 spiro atoms. The van der Waals surface area contributed by atoms with Crippen molar-refractivity contribution in [1.82, 2.24) is 4.98 Å². The van der Waals surface area contributed by atoms with E-state index in [1.165, 1.54) is 6.20 Å². The van der Waals surface area contributed by atoms with Gasteiger partial charge in [-0.05, 0) is 24.3 Å². The van der Waals surface area contributed by atoms with Crippen molar-refractivity contribution in [2.24, 2.45) is 0 Å². The van der Waals surface area contributed by atoms with E-state index in [9.17, 15) is 0 Å². The van der Waals surface area contributed by atoms with Crippen LogP contribution in [0.1, 0.15) is 5.69 Å². The zero-order chi connectivity index (χ0) is 13.0. The van der Waals surface area contributed by atoms with Gasteiger partial charge in [-0.25, -0.2) is 4.98 Å². The summed E-state index contributed by atoms with van der Waals surface area (Å²) in [7, 11) is 1.55. The highest BCUT2D eigenvalue weighted by atomic mass is 16.5. The molecule has 0 atom stereocenters. The Balaban J connectivity index is 2.18. The number of pyridine rings is 1. The molecule has 0 saturated heterocycles. The number of benzene rings is 1. The predicted molar refractivity (Wildman–Crippen MR) is 66.4 cm³/mol. The Morgan fingerprint density at radius 2 is 2.00 bits per heavy atom. The van der Waals surface area contributed by atoms with Crippen molar-refractivity contribution in [2.45, 2.75) is 0 Å². The normalized spacial score (nSPS) is 9.56. The van der Waals surface area contributed by atoms with Gasteiger partial charge in [0.2, 0.25) is 0 Å². The molecule has 0 radical (unpaired) electrons. The van der Waals surface area contributed by atoms with Crippen LogP contribution in [0.15, 0.2) is 36.5 Å². The maximum absolute atomic E-state index is 8.63. The third kappa shape index (κ3) is 2.50. The molecular weight excluding hydrogens is 230 g/mol. The number of nitrogen functional groups attached to an aromatic ring is 1. The van der Waals surface area contributed by atoms with Crippen LogP contribution in [0.2, 0.25) is 0 Å². The molecule has 0 aliphatic carbocycles. The van der Waals surface area contributed by atoms with E-state index in [0.29, 0.717) is 28.6 Å². The lowest BCUT2D eigenvalue weighted by molar-refractivity contribution is 0.415. The average molecular weight is 241 g/mol. The first kappa shape index (κ1) is 11.7. The van der Waals surface area contributed by atoms with E-state index in [-0.39, 0.29) is 0 Å². The third-order valence-electron chi connectivity index (χ3n) is 2.29. The summed E-state index contributed by atoms with van der Waals surface area (Å²) in [5, 5.41) is 8.63. The number of ether oxygens (including phenoxy) is 2. The van der Waals surface area contributed by atoms with Crippen molar-refractivity contribution in [2.75, 3.05) is 12.8 Å². The number of anilines is 1. The maximum atomic E-state index is 8.63. The van der Waals surface area contributed by atoms with E-state index in [1.807, 2.05) is 6.07 Å². The van der Waals surface area contributed by atoms with E-state index in [2.05, 4.69) is 4.98 Å². The molecule has 1 aromatic heterocycles. The number of rotatable bonds is 3. The van der Waals surface area contributed by atoms with Crippen molar-refractivity contribution in [3.8, 4) is 23.3 Å². The molecule has 0 aliphatic rings. The Hall–Kier alpha value is -2.74. The van der Waals surface area contributed by atoms with Crippen LogP contribution >= 0.6 is 0 Å². The fourth-order valence-electron chi connectivity index (χ4n) is 1.42. The molecule has 2 rings (SSSR count). The molecule has 1 aromatic carbocycles. The van der Waals surface area contributed by atoms with Gasteiger partial charge >= 0.3 is 0 Å². The van der Waals surface area contributed by atoms with E-state index in [4.69, 9.17) is 20.5 Å². The fourth-order valence-corrected chi connectivity index (χ4v) is 1.42. The number of methoxy groups -OCH3 is 1. The van der Waals surface area contributed by atoms with Crippen LogP contribution in [-0.4, -0.2) is 12.1 Å². The fraction of sp³-hybridized carbons (Fsp3) is 0.0769. The molecular formula is C13H11N3O2. The summed E-state index contributed by atoms with van der Waals surface area (Å²) in [5.41, 5.74) is 6.61. The standard InChI is InChI=1S/C13H11N3O2/c1-17-13-5-4-10(6-12(13)15)18-11-3-2-9(7-14)16-8-11/h2-6,8H,15H2,1H3. The first-order valence-electron chi connectivity index (χ1n) is 5.20. The van der Waals surface area contributed by atoms with Gasteiger partial charge in [0.25, 0.3) is 0 Å². The second-order valence-electron chi connectivity index (χ2n) is 3.50. The highest BCUT2D eigenvalue weighted by Gasteiger charge is 2.03. The van der Waals surface area contributed by atoms with Crippen molar-refractivity contribution in [3.63, 3.8) is 0 Å². The molecule has 0 bridgehead atoms. The molecule has 5 heteroatoms. The lowest BCUT2D eigenvalue weighted by Gasteiger charge is -2.08. The highest BCUT2D eigenvalue weighted by Crippen LogP contribution is 2.28. The summed E-state index contributed by atoms with van der Waals surface area (Å²) in [5.74, 6) is 1.72. The predicted octanol–water partition coefficient (Wildman–Crippen LogP) is 2.34. The van der Waals surface area contributed by atoms with Crippen LogP contribution in [0.25, 0.3) is 0 Å². The van der Waals surface area contributed by atoms with Crippen molar-refractivity contribution < 1.29 is 9.47 Å². The lowest BCUT2D eigenvalue weighted by atomic mass is 10.3. The van der Waals surface area contributed by atoms with Crippen molar-refractivity contribution in [1.29, 1.82) is 5.26 Å². The molecule has 90 valence electrons. The van der Waals surface area contributed by atoms with Crippen molar-refractivity contribution in [3.05, 3.63) is 42.2 Å². The number of aromatic nitrogens is 1. The van der Waals surface area contributed by atoms with Gasteiger partial charge < -0.3 is 15.2 Å². The van der Waals surface area contributed by atoms with E-state index in [0.717, 1.165) is 0 Å². The molecule has 0 saturated carbocycles. The number of hydrogen-bond acceptors (Lipinski definition) is 5. The lowest BCUT2D eigenvalue weighted by Crippen LogP contribution is -1.93. The Labute approximate surface area is 104 Å². The van der Waals surface area contributed by atoms with Crippen LogP contribution in [0.4, 0.5) is 5.69 Å². The second kappa shape index (κ2) is 5.06. The molecule has 5 nitrogen and oxygen atoms in total. The molecule has 2 N–H and O–H groups in total. The molecule has 18 heavy (non-hydrogen) atoms. The minimum atomic E-state index is 0.344. The van der Waals surface area contributed by atoms with Gasteiger partial charge in [-0.15, -0.1) is 0 Å². The van der Waals surface area contributed by atoms with Gasteiger partial charge in [0.1, 0.15) is 29.0 Å². The summed E-state index contributed by atoms with van der Waals surface area (Å²) in [6.45, 7) is 0. The Bertz CT molecular complexity index is 588. The quantitative estimate of drug-likeness (QED) is 0.834. The van der Waals surface area contributed by atoms with Crippen LogP contribution in [0.3, 0.4) is 0 Å². The number of nitrogens with two attached hydrogens (primary N) is 1.